The number of carbonyl (C=O) groups is 2. The van der Waals surface area contributed by atoms with Gasteiger partial charge in [0, 0.05) is 5.69 Å². The molecule has 0 aliphatic carbocycles. The lowest BCUT2D eigenvalue weighted by molar-refractivity contribution is -0.119. The minimum absolute atomic E-state index is 0.0320. The SMILES string of the molecule is COc1ccc(S(=O)(=O)N(CC(=O)N/N=C\c2ccc(OCC(=O)Nc3ccc(C)cc3)cc2)c2ccccc2OC)cc1. The van der Waals surface area contributed by atoms with Gasteiger partial charge in [-0.2, -0.15) is 5.10 Å². The van der Waals surface area contributed by atoms with E-state index in [1.165, 1.54) is 44.7 Å². The van der Waals surface area contributed by atoms with E-state index in [0.717, 1.165) is 9.87 Å². The number of nitrogens with one attached hydrogen (secondary N) is 2. The summed E-state index contributed by atoms with van der Waals surface area (Å²) in [6.45, 7) is 1.23. The Labute approximate surface area is 256 Å². The van der Waals surface area contributed by atoms with Gasteiger partial charge in [-0.3, -0.25) is 13.9 Å². The summed E-state index contributed by atoms with van der Waals surface area (Å²) in [5, 5.41) is 6.73. The molecule has 4 aromatic rings. The third kappa shape index (κ3) is 8.35. The molecule has 0 saturated carbocycles. The Hall–Kier alpha value is -5.36. The molecule has 0 saturated heterocycles. The molecule has 4 aromatic carbocycles. The molecule has 2 N–H and O–H groups in total. The van der Waals surface area contributed by atoms with Gasteiger partial charge in [0.1, 0.15) is 23.8 Å². The van der Waals surface area contributed by atoms with Crippen molar-refractivity contribution >= 4 is 39.4 Å². The predicted molar refractivity (Wildman–Crippen MR) is 168 cm³/mol. The van der Waals surface area contributed by atoms with Crippen LogP contribution in [0.25, 0.3) is 0 Å². The Kier molecular flexibility index (Phi) is 10.5. The van der Waals surface area contributed by atoms with Crippen molar-refractivity contribution in [1.82, 2.24) is 5.43 Å². The highest BCUT2D eigenvalue weighted by atomic mass is 32.2. The fourth-order valence-electron chi connectivity index (χ4n) is 3.99. The number of ether oxygens (including phenoxy) is 3. The number of methoxy groups -OCH3 is 2. The van der Waals surface area contributed by atoms with E-state index >= 15 is 0 Å². The summed E-state index contributed by atoms with van der Waals surface area (Å²) < 4.78 is 44.3. The molecule has 0 radical (unpaired) electrons. The molecule has 44 heavy (non-hydrogen) atoms. The minimum atomic E-state index is -4.18. The van der Waals surface area contributed by atoms with Crippen LogP contribution < -0.4 is 29.3 Å². The summed E-state index contributed by atoms with van der Waals surface area (Å²) in [4.78, 5) is 25.0. The van der Waals surface area contributed by atoms with Crippen LogP contribution in [0, 0.1) is 6.92 Å². The molecule has 228 valence electrons. The molecule has 0 fully saturated rings. The first-order chi connectivity index (χ1) is 21.2. The molecule has 2 amide bonds. The maximum Gasteiger partial charge on any atom is 0.264 e. The van der Waals surface area contributed by atoms with Gasteiger partial charge in [0.15, 0.2) is 6.61 Å². The first-order valence-electron chi connectivity index (χ1n) is 13.4. The molecule has 0 unspecified atom stereocenters. The average molecular weight is 617 g/mol. The van der Waals surface area contributed by atoms with Crippen LogP contribution in [0.15, 0.2) is 107 Å². The molecule has 12 heteroatoms. The van der Waals surface area contributed by atoms with Gasteiger partial charge in [-0.1, -0.05) is 29.8 Å². The minimum Gasteiger partial charge on any atom is -0.497 e. The number of sulfonamides is 1. The molecule has 11 nitrogen and oxygen atoms in total. The number of para-hydroxylation sites is 2. The van der Waals surface area contributed by atoms with E-state index in [9.17, 15) is 18.0 Å². The van der Waals surface area contributed by atoms with Crippen LogP contribution >= 0.6 is 0 Å². The van der Waals surface area contributed by atoms with Crippen LogP contribution in [0.5, 0.6) is 17.2 Å². The number of hydrazone groups is 1. The van der Waals surface area contributed by atoms with Crippen LogP contribution in [-0.4, -0.2) is 53.8 Å². The number of anilines is 2. The second-order valence-corrected chi connectivity index (χ2v) is 11.3. The fraction of sp³-hybridized carbons (Fsp3) is 0.156. The number of carbonyl (C=O) groups excluding carboxylic acids is 2. The third-order valence-electron chi connectivity index (χ3n) is 6.28. The number of hydrogen-bond donors (Lipinski definition) is 2. The average Bonchev–Trinajstić information content (AvgIpc) is 3.04. The van der Waals surface area contributed by atoms with Gasteiger partial charge in [-0.25, -0.2) is 13.8 Å². The molecule has 0 aliphatic heterocycles. The van der Waals surface area contributed by atoms with Gasteiger partial charge in [-0.05, 0) is 85.3 Å². The van der Waals surface area contributed by atoms with Gasteiger partial charge in [-0.15, -0.1) is 0 Å². The van der Waals surface area contributed by atoms with Crippen LogP contribution in [0.4, 0.5) is 11.4 Å². The van der Waals surface area contributed by atoms with Crippen LogP contribution in [0.1, 0.15) is 11.1 Å². The number of amides is 2. The maximum absolute atomic E-state index is 13.6. The highest BCUT2D eigenvalue weighted by molar-refractivity contribution is 7.92. The largest absolute Gasteiger partial charge is 0.497 e. The van der Waals surface area contributed by atoms with E-state index in [2.05, 4.69) is 15.8 Å². The zero-order valence-corrected chi connectivity index (χ0v) is 25.2. The fourth-order valence-corrected chi connectivity index (χ4v) is 5.42. The van der Waals surface area contributed by atoms with Crippen molar-refractivity contribution in [1.29, 1.82) is 0 Å². The number of nitrogens with zero attached hydrogens (tertiary/aromatic N) is 2. The van der Waals surface area contributed by atoms with E-state index < -0.39 is 22.5 Å². The Morgan fingerprint density at radius 2 is 1.48 bits per heavy atom. The van der Waals surface area contributed by atoms with Crippen LogP contribution in [0.3, 0.4) is 0 Å². The van der Waals surface area contributed by atoms with Crippen molar-refractivity contribution in [2.75, 3.05) is 37.0 Å². The summed E-state index contributed by atoms with van der Waals surface area (Å²) in [6.07, 6.45) is 1.40. The van der Waals surface area contributed by atoms with Crippen molar-refractivity contribution < 1.29 is 32.2 Å². The molecular weight excluding hydrogens is 584 g/mol. The first-order valence-corrected chi connectivity index (χ1v) is 14.8. The van der Waals surface area contributed by atoms with Gasteiger partial charge in [0.25, 0.3) is 21.8 Å². The molecule has 4 rings (SSSR count). The molecule has 0 aromatic heterocycles. The lowest BCUT2D eigenvalue weighted by atomic mass is 10.2. The molecule has 0 spiro atoms. The number of hydrogen-bond acceptors (Lipinski definition) is 8. The van der Waals surface area contributed by atoms with E-state index in [1.807, 2.05) is 31.2 Å². The monoisotopic (exact) mass is 616 g/mol. The zero-order chi connectivity index (χ0) is 31.5. The van der Waals surface area contributed by atoms with Gasteiger partial charge < -0.3 is 19.5 Å². The van der Waals surface area contributed by atoms with Crippen molar-refractivity contribution in [3.63, 3.8) is 0 Å². The van der Waals surface area contributed by atoms with E-state index in [4.69, 9.17) is 14.2 Å². The molecule has 0 heterocycles. The highest BCUT2D eigenvalue weighted by Gasteiger charge is 2.29. The quantitative estimate of drug-likeness (QED) is 0.168. The second kappa shape index (κ2) is 14.7. The summed E-state index contributed by atoms with van der Waals surface area (Å²) >= 11 is 0. The van der Waals surface area contributed by atoms with Crippen molar-refractivity contribution in [3.05, 3.63) is 108 Å². The van der Waals surface area contributed by atoms with E-state index in [-0.39, 0.29) is 28.8 Å². The second-order valence-electron chi connectivity index (χ2n) is 9.42. The van der Waals surface area contributed by atoms with Gasteiger partial charge in [0.2, 0.25) is 0 Å². The van der Waals surface area contributed by atoms with Crippen molar-refractivity contribution in [2.45, 2.75) is 11.8 Å². The highest BCUT2D eigenvalue weighted by Crippen LogP contribution is 2.32. The Balaban J connectivity index is 1.38. The van der Waals surface area contributed by atoms with Gasteiger partial charge in [0.05, 0.1) is 31.0 Å². The summed E-state index contributed by atoms with van der Waals surface area (Å²) in [6, 6.07) is 26.5. The van der Waals surface area contributed by atoms with Crippen molar-refractivity contribution in [2.24, 2.45) is 5.10 Å². The normalized spacial score (nSPS) is 11.1. The Morgan fingerprint density at radius 3 is 2.14 bits per heavy atom. The van der Waals surface area contributed by atoms with Crippen LogP contribution in [0.2, 0.25) is 0 Å². The molecule has 0 aliphatic rings. The molecule has 0 bridgehead atoms. The summed E-state index contributed by atoms with van der Waals surface area (Å²) in [5.41, 5.74) is 4.97. The summed E-state index contributed by atoms with van der Waals surface area (Å²) in [7, 11) is -1.28. The smallest absolute Gasteiger partial charge is 0.264 e. The number of rotatable bonds is 13. The van der Waals surface area contributed by atoms with E-state index in [1.54, 1.807) is 48.5 Å². The predicted octanol–water partition coefficient (Wildman–Crippen LogP) is 4.38. The lowest BCUT2D eigenvalue weighted by Gasteiger charge is -2.25. The Bertz CT molecular complexity index is 1710. The standard InChI is InChI=1S/C32H32N4O7S/c1-23-8-12-25(13-9-23)34-32(38)22-43-27-14-10-24(11-15-27)20-33-35-31(37)21-36(29-6-4-5-7-30(29)42-3)44(39,40)28-18-16-26(41-2)17-19-28/h4-20H,21-22H2,1-3H3,(H,34,38)(H,35,37)/b33-20-. The number of aryl methyl sites for hydroxylation is 1. The molecule has 0 atom stereocenters. The first kappa shape index (κ1) is 31.6. The summed E-state index contributed by atoms with van der Waals surface area (Å²) in [5.74, 6) is 0.266. The number of benzene rings is 4. The molecular formula is C32H32N4O7S. The van der Waals surface area contributed by atoms with Gasteiger partial charge >= 0.3 is 0 Å². The maximum atomic E-state index is 13.6. The Morgan fingerprint density at radius 1 is 0.818 bits per heavy atom. The third-order valence-corrected chi connectivity index (χ3v) is 8.05. The van der Waals surface area contributed by atoms with Crippen molar-refractivity contribution in [3.8, 4) is 17.2 Å². The zero-order valence-electron chi connectivity index (χ0n) is 24.4. The lowest BCUT2D eigenvalue weighted by Crippen LogP contribution is -2.39. The van der Waals surface area contributed by atoms with Crippen LogP contribution in [-0.2, 0) is 19.6 Å². The topological polar surface area (TPSA) is 136 Å². The van der Waals surface area contributed by atoms with E-state index in [0.29, 0.717) is 22.7 Å².